The number of ether oxygens (including phenoxy) is 2. The highest BCUT2D eigenvalue weighted by atomic mass is 79.9. The summed E-state index contributed by atoms with van der Waals surface area (Å²) >= 11 is 3.26. The maximum atomic E-state index is 12.0. The second kappa shape index (κ2) is 8.94. The molecule has 0 aliphatic carbocycles. The lowest BCUT2D eigenvalue weighted by Gasteiger charge is -2.25. The van der Waals surface area contributed by atoms with E-state index < -0.39 is 23.6 Å². The summed E-state index contributed by atoms with van der Waals surface area (Å²) in [6.07, 6.45) is 0.524. The van der Waals surface area contributed by atoms with Crippen LogP contribution in [0.4, 0.5) is 4.79 Å². The van der Waals surface area contributed by atoms with Crippen molar-refractivity contribution in [1.82, 2.24) is 4.90 Å². The van der Waals surface area contributed by atoms with Crippen LogP contribution in [-0.4, -0.2) is 47.0 Å². The molecule has 6 nitrogen and oxygen atoms in total. The van der Waals surface area contributed by atoms with Crippen LogP contribution >= 0.6 is 15.9 Å². The molecule has 0 radical (unpaired) electrons. The molecule has 0 spiro atoms. The maximum absolute atomic E-state index is 12.0. The normalized spacial score (nSPS) is 10.8. The fourth-order valence-corrected chi connectivity index (χ4v) is 1.66. The Morgan fingerprint density at radius 2 is 1.75 bits per heavy atom. The first-order chi connectivity index (χ1) is 9.22. The van der Waals surface area contributed by atoms with Crippen molar-refractivity contribution < 1.29 is 23.9 Å². The van der Waals surface area contributed by atoms with Crippen molar-refractivity contribution >= 4 is 33.9 Å². The van der Waals surface area contributed by atoms with Gasteiger partial charge in [0, 0.05) is 11.9 Å². The van der Waals surface area contributed by atoms with Crippen LogP contribution in [0.3, 0.4) is 0 Å². The summed E-state index contributed by atoms with van der Waals surface area (Å²) in [7, 11) is 0. The lowest BCUT2D eigenvalue weighted by molar-refractivity contribution is -0.159. The summed E-state index contributed by atoms with van der Waals surface area (Å²) in [6, 6.07) is 0. The Labute approximate surface area is 127 Å². The SMILES string of the molecule is CCOC(=O)C(=O)N(CCCCBr)C(=O)OC(C)(C)C. The first-order valence-electron chi connectivity index (χ1n) is 6.50. The third-order valence-corrected chi connectivity index (χ3v) is 2.64. The number of hydrogen-bond acceptors (Lipinski definition) is 5. The molecule has 116 valence electrons. The number of esters is 1. The van der Waals surface area contributed by atoms with Crippen LogP contribution in [0.25, 0.3) is 0 Å². The molecule has 0 unspecified atom stereocenters. The molecule has 7 heteroatoms. The minimum Gasteiger partial charge on any atom is -0.459 e. The quantitative estimate of drug-likeness (QED) is 0.329. The van der Waals surface area contributed by atoms with E-state index in [0.717, 1.165) is 16.7 Å². The number of amides is 2. The molecule has 0 atom stereocenters. The largest absolute Gasteiger partial charge is 0.459 e. The van der Waals surface area contributed by atoms with E-state index in [9.17, 15) is 14.4 Å². The average Bonchev–Trinajstić information content (AvgIpc) is 2.32. The van der Waals surface area contributed by atoms with Gasteiger partial charge in [0.1, 0.15) is 5.60 Å². The highest BCUT2D eigenvalue weighted by Crippen LogP contribution is 2.11. The second-order valence-corrected chi connectivity index (χ2v) is 5.85. The summed E-state index contributed by atoms with van der Waals surface area (Å²) in [5.74, 6) is -2.03. The third kappa shape index (κ3) is 7.47. The van der Waals surface area contributed by atoms with Gasteiger partial charge in [0.15, 0.2) is 0 Å². The van der Waals surface area contributed by atoms with Gasteiger partial charge in [-0.2, -0.15) is 0 Å². The fourth-order valence-electron chi connectivity index (χ4n) is 1.26. The molecular weight excluding hydrogens is 330 g/mol. The van der Waals surface area contributed by atoms with E-state index in [-0.39, 0.29) is 13.2 Å². The Kier molecular flexibility index (Phi) is 8.45. The summed E-state index contributed by atoms with van der Waals surface area (Å²) < 4.78 is 9.75. The van der Waals surface area contributed by atoms with Crippen molar-refractivity contribution in [3.05, 3.63) is 0 Å². The molecule has 0 fully saturated rings. The number of alkyl halides is 1. The van der Waals surface area contributed by atoms with Gasteiger partial charge in [0.05, 0.1) is 6.61 Å². The van der Waals surface area contributed by atoms with Crippen LogP contribution in [0.1, 0.15) is 40.5 Å². The minimum atomic E-state index is -1.04. The number of unbranched alkanes of at least 4 members (excludes halogenated alkanes) is 1. The molecule has 0 bridgehead atoms. The third-order valence-electron chi connectivity index (χ3n) is 2.07. The highest BCUT2D eigenvalue weighted by molar-refractivity contribution is 9.09. The molecule has 0 aliphatic rings. The first kappa shape index (κ1) is 18.9. The van der Waals surface area contributed by atoms with Crippen LogP contribution in [0.15, 0.2) is 0 Å². The molecule has 20 heavy (non-hydrogen) atoms. The Hall–Kier alpha value is -1.11. The minimum absolute atomic E-state index is 0.0775. The van der Waals surface area contributed by atoms with Gasteiger partial charge in [-0.25, -0.2) is 14.5 Å². The summed E-state index contributed by atoms with van der Waals surface area (Å²) in [6.45, 7) is 6.86. The highest BCUT2D eigenvalue weighted by Gasteiger charge is 2.31. The van der Waals surface area contributed by atoms with Crippen molar-refractivity contribution in [3.63, 3.8) is 0 Å². The number of carbonyl (C=O) groups is 3. The Morgan fingerprint density at radius 1 is 1.15 bits per heavy atom. The molecule has 2 amide bonds. The number of carbonyl (C=O) groups excluding carboxylic acids is 3. The molecule has 0 aliphatic heterocycles. The summed E-state index contributed by atoms with van der Waals surface area (Å²) in [5, 5.41) is 0.753. The van der Waals surface area contributed by atoms with Gasteiger partial charge in [0.25, 0.3) is 0 Å². The molecule has 0 aromatic rings. The Bertz CT molecular complexity index is 351. The Morgan fingerprint density at radius 3 is 2.20 bits per heavy atom. The van der Waals surface area contributed by atoms with Gasteiger partial charge < -0.3 is 9.47 Å². The molecule has 0 aromatic heterocycles. The zero-order valence-electron chi connectivity index (χ0n) is 12.4. The zero-order valence-corrected chi connectivity index (χ0v) is 14.0. The monoisotopic (exact) mass is 351 g/mol. The van der Waals surface area contributed by atoms with E-state index in [4.69, 9.17) is 4.74 Å². The maximum Gasteiger partial charge on any atom is 0.417 e. The Balaban J connectivity index is 4.83. The topological polar surface area (TPSA) is 72.9 Å². The van der Waals surface area contributed by atoms with Crippen LogP contribution < -0.4 is 0 Å². The second-order valence-electron chi connectivity index (χ2n) is 5.05. The number of hydrogen-bond donors (Lipinski definition) is 0. The lowest BCUT2D eigenvalue weighted by atomic mass is 10.2. The molecule has 0 saturated carbocycles. The van der Waals surface area contributed by atoms with E-state index in [0.29, 0.717) is 6.42 Å². The molecular formula is C13H22BrNO5. The molecule has 0 aromatic carbocycles. The van der Waals surface area contributed by atoms with Crippen molar-refractivity contribution in [2.24, 2.45) is 0 Å². The smallest absolute Gasteiger partial charge is 0.417 e. The van der Waals surface area contributed by atoms with Gasteiger partial charge in [0.2, 0.25) is 0 Å². The number of rotatable bonds is 5. The van der Waals surface area contributed by atoms with Gasteiger partial charge in [-0.15, -0.1) is 0 Å². The van der Waals surface area contributed by atoms with Gasteiger partial charge in [-0.05, 0) is 40.5 Å². The van der Waals surface area contributed by atoms with Crippen molar-refractivity contribution in [2.45, 2.75) is 46.1 Å². The van der Waals surface area contributed by atoms with Crippen molar-refractivity contribution in [3.8, 4) is 0 Å². The average molecular weight is 352 g/mol. The van der Waals surface area contributed by atoms with E-state index in [1.54, 1.807) is 27.7 Å². The van der Waals surface area contributed by atoms with Crippen molar-refractivity contribution in [2.75, 3.05) is 18.5 Å². The van der Waals surface area contributed by atoms with E-state index in [2.05, 4.69) is 20.7 Å². The number of imide groups is 1. The fraction of sp³-hybridized carbons (Fsp3) is 0.769. The zero-order chi connectivity index (χ0) is 15.8. The summed E-state index contributed by atoms with van der Waals surface area (Å²) in [5.41, 5.74) is -0.736. The predicted molar refractivity (Wildman–Crippen MR) is 77.6 cm³/mol. The lowest BCUT2D eigenvalue weighted by Crippen LogP contribution is -2.45. The van der Waals surface area contributed by atoms with Gasteiger partial charge in [-0.1, -0.05) is 15.9 Å². The van der Waals surface area contributed by atoms with Crippen LogP contribution in [0.5, 0.6) is 0 Å². The molecule has 0 rings (SSSR count). The predicted octanol–water partition coefficient (Wildman–Crippen LogP) is 2.49. The van der Waals surface area contributed by atoms with Gasteiger partial charge >= 0.3 is 18.0 Å². The van der Waals surface area contributed by atoms with Crippen molar-refractivity contribution in [1.29, 1.82) is 0 Å². The van der Waals surface area contributed by atoms with Crippen LogP contribution in [-0.2, 0) is 19.1 Å². The summed E-state index contributed by atoms with van der Waals surface area (Å²) in [4.78, 5) is 36.1. The van der Waals surface area contributed by atoms with E-state index in [1.807, 2.05) is 0 Å². The van der Waals surface area contributed by atoms with E-state index in [1.165, 1.54) is 0 Å². The van der Waals surface area contributed by atoms with E-state index >= 15 is 0 Å². The molecule has 0 N–H and O–H groups in total. The van der Waals surface area contributed by atoms with Gasteiger partial charge in [-0.3, -0.25) is 4.79 Å². The molecule has 0 heterocycles. The molecule has 0 saturated heterocycles. The number of halogens is 1. The van der Waals surface area contributed by atoms with Crippen LogP contribution in [0, 0.1) is 0 Å². The standard InChI is InChI=1S/C13H22BrNO5/c1-5-19-11(17)10(16)15(9-7-6-8-14)12(18)20-13(2,3)4/h5-9H2,1-4H3. The van der Waals surface area contributed by atoms with Crippen LogP contribution in [0.2, 0.25) is 0 Å². The number of nitrogens with zero attached hydrogens (tertiary/aromatic N) is 1. The first-order valence-corrected chi connectivity index (χ1v) is 7.62.